The zero-order chi connectivity index (χ0) is 12.7. The van der Waals surface area contributed by atoms with Gasteiger partial charge in [0.25, 0.3) is 0 Å². The molecule has 0 atom stereocenters. The van der Waals surface area contributed by atoms with Gasteiger partial charge in [0, 0.05) is 10.8 Å². The number of fused-ring (bicyclic) bond motifs is 1. The monoisotopic (exact) mass is 263 g/mol. The number of halogens is 1. The number of thiophene rings is 1. The van der Waals surface area contributed by atoms with Crippen molar-refractivity contribution in [3.8, 4) is 10.6 Å². The van der Waals surface area contributed by atoms with Crippen LogP contribution in [0.15, 0.2) is 34.9 Å². The van der Waals surface area contributed by atoms with E-state index in [2.05, 4.69) is 5.16 Å². The number of hydrogen-bond donors (Lipinski definition) is 1. The summed E-state index contributed by atoms with van der Waals surface area (Å²) < 4.78 is 18.8. The van der Waals surface area contributed by atoms with Crippen molar-refractivity contribution in [3.63, 3.8) is 0 Å². The van der Waals surface area contributed by atoms with Gasteiger partial charge in [-0.25, -0.2) is 9.18 Å². The molecule has 1 aromatic carbocycles. The molecule has 0 aliphatic carbocycles. The molecule has 2 aromatic heterocycles. The highest BCUT2D eigenvalue weighted by Crippen LogP contribution is 2.34. The van der Waals surface area contributed by atoms with E-state index in [9.17, 15) is 9.18 Å². The van der Waals surface area contributed by atoms with E-state index in [1.807, 2.05) is 6.07 Å². The molecule has 6 heteroatoms. The fourth-order valence-electron chi connectivity index (χ4n) is 1.62. The lowest BCUT2D eigenvalue weighted by atomic mass is 10.2. The second kappa shape index (κ2) is 3.92. The number of hydrogen-bond acceptors (Lipinski definition) is 4. The summed E-state index contributed by atoms with van der Waals surface area (Å²) >= 11 is 1.32. The fraction of sp³-hybridized carbons (Fsp3) is 0. The van der Waals surface area contributed by atoms with Crippen LogP contribution >= 0.6 is 11.3 Å². The van der Waals surface area contributed by atoms with Crippen molar-refractivity contribution in [1.29, 1.82) is 0 Å². The van der Waals surface area contributed by atoms with Gasteiger partial charge in [-0.2, -0.15) is 0 Å². The first kappa shape index (κ1) is 10.9. The van der Waals surface area contributed by atoms with Crippen LogP contribution in [-0.2, 0) is 0 Å². The third-order valence-electron chi connectivity index (χ3n) is 2.45. The minimum atomic E-state index is -1.14. The molecule has 0 bridgehead atoms. The van der Waals surface area contributed by atoms with Crippen molar-refractivity contribution in [2.24, 2.45) is 0 Å². The van der Waals surface area contributed by atoms with E-state index in [-0.39, 0.29) is 11.5 Å². The van der Waals surface area contributed by atoms with Gasteiger partial charge in [-0.15, -0.1) is 11.3 Å². The van der Waals surface area contributed by atoms with E-state index in [1.165, 1.54) is 29.5 Å². The van der Waals surface area contributed by atoms with E-state index < -0.39 is 5.97 Å². The Bertz CT molecular complexity index is 747. The molecule has 0 aliphatic rings. The summed E-state index contributed by atoms with van der Waals surface area (Å²) in [6, 6.07) is 7.63. The number of nitrogens with zero attached hydrogens (tertiary/aromatic N) is 1. The Labute approximate surface area is 104 Å². The van der Waals surface area contributed by atoms with Crippen molar-refractivity contribution >= 4 is 27.4 Å². The Morgan fingerprint density at radius 2 is 2.17 bits per heavy atom. The minimum Gasteiger partial charge on any atom is -0.476 e. The lowest BCUT2D eigenvalue weighted by Gasteiger charge is -1.86. The Morgan fingerprint density at radius 1 is 1.33 bits per heavy atom. The highest BCUT2D eigenvalue weighted by atomic mass is 32.1. The molecule has 0 saturated carbocycles. The van der Waals surface area contributed by atoms with Crippen molar-refractivity contribution in [2.45, 2.75) is 0 Å². The molecule has 0 fully saturated rings. The fourth-order valence-corrected chi connectivity index (χ4v) is 2.65. The molecule has 0 aliphatic heterocycles. The van der Waals surface area contributed by atoms with E-state index in [1.54, 1.807) is 6.07 Å². The van der Waals surface area contributed by atoms with Crippen LogP contribution in [-0.4, -0.2) is 16.2 Å². The number of benzene rings is 1. The molecule has 90 valence electrons. The maximum absolute atomic E-state index is 13.1. The van der Waals surface area contributed by atoms with Crippen LogP contribution in [0.4, 0.5) is 4.39 Å². The molecule has 1 N–H and O–H groups in total. The van der Waals surface area contributed by atoms with E-state index in [4.69, 9.17) is 9.63 Å². The molecule has 0 spiro atoms. The summed E-state index contributed by atoms with van der Waals surface area (Å²) in [6.45, 7) is 0. The van der Waals surface area contributed by atoms with E-state index in [0.29, 0.717) is 5.76 Å². The quantitative estimate of drug-likeness (QED) is 0.769. The van der Waals surface area contributed by atoms with Gasteiger partial charge in [0.15, 0.2) is 11.5 Å². The summed E-state index contributed by atoms with van der Waals surface area (Å²) in [5, 5.41) is 13.1. The minimum absolute atomic E-state index is 0.145. The van der Waals surface area contributed by atoms with Crippen LogP contribution in [0.25, 0.3) is 20.7 Å². The first-order valence-electron chi connectivity index (χ1n) is 5.03. The van der Waals surface area contributed by atoms with Gasteiger partial charge in [0.2, 0.25) is 0 Å². The Hall–Kier alpha value is -2.21. The lowest BCUT2D eigenvalue weighted by Crippen LogP contribution is -1.94. The van der Waals surface area contributed by atoms with Crippen molar-refractivity contribution in [3.05, 3.63) is 41.8 Å². The third kappa shape index (κ3) is 1.76. The van der Waals surface area contributed by atoms with Crippen molar-refractivity contribution in [2.75, 3.05) is 0 Å². The highest BCUT2D eigenvalue weighted by Gasteiger charge is 2.14. The summed E-state index contributed by atoms with van der Waals surface area (Å²) in [6.07, 6.45) is 0. The first-order chi connectivity index (χ1) is 8.63. The smallest absolute Gasteiger partial charge is 0.358 e. The number of rotatable bonds is 2. The summed E-state index contributed by atoms with van der Waals surface area (Å²) in [5.74, 6) is -1.08. The average Bonchev–Trinajstić information content (AvgIpc) is 2.93. The van der Waals surface area contributed by atoms with Gasteiger partial charge in [0.05, 0.1) is 4.88 Å². The Balaban J connectivity index is 2.10. The molecule has 3 rings (SSSR count). The SMILES string of the molecule is O=C(O)c1cc(-c2cc3ccc(F)cc3s2)on1. The Kier molecular flexibility index (Phi) is 2.38. The molecule has 0 unspecified atom stereocenters. The summed E-state index contributed by atoms with van der Waals surface area (Å²) in [5.41, 5.74) is -0.145. The molecule has 2 heterocycles. The van der Waals surface area contributed by atoms with Gasteiger partial charge in [-0.1, -0.05) is 11.2 Å². The third-order valence-corrected chi connectivity index (χ3v) is 3.57. The van der Waals surface area contributed by atoms with Crippen LogP contribution < -0.4 is 0 Å². The zero-order valence-corrected chi connectivity index (χ0v) is 9.70. The molecule has 0 amide bonds. The van der Waals surface area contributed by atoms with Gasteiger partial charge in [-0.3, -0.25) is 0 Å². The standard InChI is InChI=1S/C12H6FNO3S/c13-7-2-1-6-3-11(18-10(6)4-7)9-5-8(12(15)16)14-17-9/h1-5H,(H,15,16). The summed E-state index contributed by atoms with van der Waals surface area (Å²) in [7, 11) is 0. The normalized spacial score (nSPS) is 10.9. The number of aromatic nitrogens is 1. The summed E-state index contributed by atoms with van der Waals surface area (Å²) in [4.78, 5) is 11.4. The van der Waals surface area contributed by atoms with Gasteiger partial charge in [-0.05, 0) is 23.6 Å². The molecule has 0 radical (unpaired) electrons. The predicted octanol–water partition coefficient (Wildman–Crippen LogP) is 3.39. The maximum atomic E-state index is 13.1. The second-order valence-corrected chi connectivity index (χ2v) is 4.76. The Morgan fingerprint density at radius 3 is 2.89 bits per heavy atom. The topological polar surface area (TPSA) is 63.3 Å². The van der Waals surface area contributed by atoms with E-state index >= 15 is 0 Å². The predicted molar refractivity (Wildman–Crippen MR) is 64.2 cm³/mol. The molecular formula is C12H6FNO3S. The number of carbonyl (C=O) groups is 1. The number of carboxylic acid groups (broad SMARTS) is 1. The average molecular weight is 263 g/mol. The van der Waals surface area contributed by atoms with Crippen molar-refractivity contribution in [1.82, 2.24) is 5.16 Å². The molecule has 18 heavy (non-hydrogen) atoms. The lowest BCUT2D eigenvalue weighted by molar-refractivity contribution is 0.0686. The van der Waals surface area contributed by atoms with Gasteiger partial charge >= 0.3 is 5.97 Å². The number of carboxylic acids is 1. The van der Waals surface area contributed by atoms with E-state index in [0.717, 1.165) is 15.0 Å². The molecule has 4 nitrogen and oxygen atoms in total. The second-order valence-electron chi connectivity index (χ2n) is 3.67. The molecule has 0 saturated heterocycles. The molecule has 3 aromatic rings. The van der Waals surface area contributed by atoms with Gasteiger partial charge in [0.1, 0.15) is 5.82 Å². The first-order valence-corrected chi connectivity index (χ1v) is 5.84. The van der Waals surface area contributed by atoms with Crippen LogP contribution in [0.1, 0.15) is 10.5 Å². The van der Waals surface area contributed by atoms with Crippen LogP contribution in [0.5, 0.6) is 0 Å². The largest absolute Gasteiger partial charge is 0.476 e. The van der Waals surface area contributed by atoms with Crippen molar-refractivity contribution < 1.29 is 18.8 Å². The maximum Gasteiger partial charge on any atom is 0.358 e. The zero-order valence-electron chi connectivity index (χ0n) is 8.88. The van der Waals surface area contributed by atoms with Crippen LogP contribution in [0.2, 0.25) is 0 Å². The highest BCUT2D eigenvalue weighted by molar-refractivity contribution is 7.22. The van der Waals surface area contributed by atoms with Gasteiger partial charge < -0.3 is 9.63 Å². The molecular weight excluding hydrogens is 257 g/mol. The van der Waals surface area contributed by atoms with Crippen LogP contribution in [0, 0.1) is 5.82 Å². The number of aromatic carboxylic acids is 1. The van der Waals surface area contributed by atoms with Crippen LogP contribution in [0.3, 0.4) is 0 Å².